The molecular weight excluding hydrogens is 350 g/mol. The van der Waals surface area contributed by atoms with Crippen LogP contribution >= 0.6 is 23.4 Å². The van der Waals surface area contributed by atoms with Gasteiger partial charge in [0.2, 0.25) is 0 Å². The minimum atomic E-state index is -0.937. The molecule has 0 spiro atoms. The van der Waals surface area contributed by atoms with Crippen molar-refractivity contribution in [2.24, 2.45) is 0 Å². The fourth-order valence-corrected chi connectivity index (χ4v) is 2.85. The summed E-state index contributed by atoms with van der Waals surface area (Å²) in [5.74, 6) is -0.937. The van der Waals surface area contributed by atoms with Crippen LogP contribution in [0, 0.1) is 0 Å². The van der Waals surface area contributed by atoms with Crippen molar-refractivity contribution < 1.29 is 19.4 Å². The molecule has 1 atom stereocenters. The van der Waals surface area contributed by atoms with Gasteiger partial charge in [-0.3, -0.25) is 10.1 Å². The SMILES string of the molecule is CC(Sc1ccc(Cl)cc1NC(=O)OCc1ccccc1)C(=O)O. The second-order valence-electron chi connectivity index (χ2n) is 4.93. The quantitative estimate of drug-likeness (QED) is 0.728. The molecule has 0 bridgehead atoms. The molecule has 2 aromatic rings. The zero-order valence-corrected chi connectivity index (χ0v) is 14.4. The number of hydrogen-bond donors (Lipinski definition) is 2. The van der Waals surface area contributed by atoms with Crippen LogP contribution in [0.15, 0.2) is 53.4 Å². The largest absolute Gasteiger partial charge is 0.480 e. The standard InChI is InChI=1S/C17H16ClNO4S/c1-11(16(20)21)24-15-8-7-13(18)9-14(15)19-17(22)23-10-12-5-3-2-4-6-12/h2-9,11H,10H2,1H3,(H,19,22)(H,20,21). The Hall–Kier alpha value is -2.18. The first-order valence-electron chi connectivity index (χ1n) is 7.12. The molecule has 0 aromatic heterocycles. The van der Waals surface area contributed by atoms with E-state index < -0.39 is 17.3 Å². The lowest BCUT2D eigenvalue weighted by molar-refractivity contribution is -0.136. The van der Waals surface area contributed by atoms with Crippen molar-refractivity contribution in [3.8, 4) is 0 Å². The second kappa shape index (κ2) is 8.61. The van der Waals surface area contributed by atoms with Crippen LogP contribution in [0.25, 0.3) is 0 Å². The van der Waals surface area contributed by atoms with Gasteiger partial charge in [0.1, 0.15) is 11.9 Å². The molecule has 24 heavy (non-hydrogen) atoms. The van der Waals surface area contributed by atoms with E-state index >= 15 is 0 Å². The van der Waals surface area contributed by atoms with Crippen LogP contribution in [0.4, 0.5) is 10.5 Å². The number of ether oxygens (including phenoxy) is 1. The molecule has 7 heteroatoms. The number of nitrogens with one attached hydrogen (secondary N) is 1. The van der Waals surface area contributed by atoms with E-state index in [9.17, 15) is 9.59 Å². The van der Waals surface area contributed by atoms with Crippen LogP contribution in [0.1, 0.15) is 12.5 Å². The number of hydrogen-bond acceptors (Lipinski definition) is 4. The normalized spacial score (nSPS) is 11.6. The average Bonchev–Trinajstić information content (AvgIpc) is 2.56. The maximum Gasteiger partial charge on any atom is 0.411 e. The summed E-state index contributed by atoms with van der Waals surface area (Å²) in [6, 6.07) is 14.2. The van der Waals surface area contributed by atoms with Crippen LogP contribution < -0.4 is 5.32 Å². The molecule has 0 heterocycles. The Labute approximate surface area is 149 Å². The van der Waals surface area contributed by atoms with Crippen molar-refractivity contribution in [1.82, 2.24) is 0 Å². The van der Waals surface area contributed by atoms with Crippen molar-refractivity contribution >= 4 is 41.1 Å². The van der Waals surface area contributed by atoms with Crippen molar-refractivity contribution in [2.45, 2.75) is 23.7 Å². The van der Waals surface area contributed by atoms with Crippen molar-refractivity contribution in [2.75, 3.05) is 5.32 Å². The summed E-state index contributed by atoms with van der Waals surface area (Å²) >= 11 is 7.07. The van der Waals surface area contributed by atoms with Crippen LogP contribution in [0.2, 0.25) is 5.02 Å². The van der Waals surface area contributed by atoms with E-state index in [4.69, 9.17) is 21.4 Å². The maximum absolute atomic E-state index is 12.0. The molecule has 2 rings (SSSR count). The molecule has 126 valence electrons. The van der Waals surface area contributed by atoms with Gasteiger partial charge in [0, 0.05) is 9.92 Å². The number of carboxylic acids is 1. The minimum Gasteiger partial charge on any atom is -0.480 e. The molecule has 2 N–H and O–H groups in total. The number of carbonyl (C=O) groups excluding carboxylic acids is 1. The first-order valence-corrected chi connectivity index (χ1v) is 8.38. The Morgan fingerprint density at radius 3 is 2.62 bits per heavy atom. The van der Waals surface area contributed by atoms with Crippen molar-refractivity contribution in [3.63, 3.8) is 0 Å². The van der Waals surface area contributed by atoms with Gasteiger partial charge in [0.15, 0.2) is 0 Å². The molecule has 2 aromatic carbocycles. The maximum atomic E-state index is 12.0. The predicted molar refractivity (Wildman–Crippen MR) is 94.7 cm³/mol. The first kappa shape index (κ1) is 18.2. The van der Waals surface area contributed by atoms with E-state index in [0.29, 0.717) is 15.6 Å². The molecule has 0 saturated heterocycles. The monoisotopic (exact) mass is 365 g/mol. The zero-order valence-electron chi connectivity index (χ0n) is 12.9. The third-order valence-corrected chi connectivity index (χ3v) is 4.44. The molecule has 0 aliphatic rings. The fraction of sp³-hybridized carbons (Fsp3) is 0.176. The van der Waals surface area contributed by atoms with Gasteiger partial charge in [0.25, 0.3) is 0 Å². The summed E-state index contributed by atoms with van der Waals surface area (Å²) in [5.41, 5.74) is 1.28. The smallest absolute Gasteiger partial charge is 0.411 e. The van der Waals surface area contributed by atoms with E-state index in [1.54, 1.807) is 25.1 Å². The Kier molecular flexibility index (Phi) is 6.52. The number of rotatable bonds is 6. The van der Waals surface area contributed by atoms with E-state index in [2.05, 4.69) is 5.32 Å². The van der Waals surface area contributed by atoms with E-state index in [-0.39, 0.29) is 6.61 Å². The van der Waals surface area contributed by atoms with Crippen LogP contribution in [0.3, 0.4) is 0 Å². The van der Waals surface area contributed by atoms with E-state index in [1.807, 2.05) is 30.3 Å². The fourth-order valence-electron chi connectivity index (χ4n) is 1.81. The Bertz CT molecular complexity index is 724. The number of aliphatic carboxylic acids is 1. The Morgan fingerprint density at radius 1 is 1.25 bits per heavy atom. The van der Waals surface area contributed by atoms with Crippen LogP contribution in [0.5, 0.6) is 0 Å². The van der Waals surface area contributed by atoms with Gasteiger partial charge >= 0.3 is 12.1 Å². The van der Waals surface area contributed by atoms with Gasteiger partial charge in [-0.05, 0) is 30.7 Å². The average molecular weight is 366 g/mol. The van der Waals surface area contributed by atoms with Crippen molar-refractivity contribution in [1.29, 1.82) is 0 Å². The molecule has 0 aliphatic carbocycles. The highest BCUT2D eigenvalue weighted by molar-refractivity contribution is 8.00. The molecule has 0 fully saturated rings. The van der Waals surface area contributed by atoms with Crippen LogP contribution in [-0.4, -0.2) is 22.4 Å². The third kappa shape index (κ3) is 5.47. The number of halogens is 1. The van der Waals surface area contributed by atoms with E-state index in [0.717, 1.165) is 17.3 Å². The molecular formula is C17H16ClNO4S. The van der Waals surface area contributed by atoms with Crippen molar-refractivity contribution in [3.05, 3.63) is 59.1 Å². The van der Waals surface area contributed by atoms with Gasteiger partial charge in [-0.1, -0.05) is 41.9 Å². The lowest BCUT2D eigenvalue weighted by Crippen LogP contribution is -2.15. The Morgan fingerprint density at radius 2 is 1.96 bits per heavy atom. The zero-order chi connectivity index (χ0) is 17.5. The molecule has 0 radical (unpaired) electrons. The molecule has 1 amide bonds. The van der Waals surface area contributed by atoms with Gasteiger partial charge < -0.3 is 9.84 Å². The highest BCUT2D eigenvalue weighted by Gasteiger charge is 2.16. The topological polar surface area (TPSA) is 75.6 Å². The summed E-state index contributed by atoms with van der Waals surface area (Å²) in [6.45, 7) is 1.71. The lowest BCUT2D eigenvalue weighted by atomic mass is 10.2. The first-order chi connectivity index (χ1) is 11.5. The van der Waals surface area contributed by atoms with Gasteiger partial charge in [-0.2, -0.15) is 0 Å². The highest BCUT2D eigenvalue weighted by atomic mass is 35.5. The predicted octanol–water partition coefficient (Wildman–Crippen LogP) is 4.65. The molecule has 1 unspecified atom stereocenters. The number of thioether (sulfide) groups is 1. The molecule has 5 nitrogen and oxygen atoms in total. The summed E-state index contributed by atoms with van der Waals surface area (Å²) in [5, 5.41) is 11.4. The summed E-state index contributed by atoms with van der Waals surface area (Å²) < 4.78 is 5.16. The highest BCUT2D eigenvalue weighted by Crippen LogP contribution is 2.33. The second-order valence-corrected chi connectivity index (χ2v) is 6.74. The Balaban J connectivity index is 2.03. The van der Waals surface area contributed by atoms with Crippen LogP contribution in [-0.2, 0) is 16.1 Å². The number of benzene rings is 2. The minimum absolute atomic E-state index is 0.140. The summed E-state index contributed by atoms with van der Waals surface area (Å²) in [6.07, 6.45) is -0.633. The summed E-state index contributed by atoms with van der Waals surface area (Å²) in [7, 11) is 0. The number of anilines is 1. The molecule has 0 aliphatic heterocycles. The number of amides is 1. The number of carboxylic acid groups (broad SMARTS) is 1. The van der Waals surface area contributed by atoms with Gasteiger partial charge in [-0.25, -0.2) is 4.79 Å². The lowest BCUT2D eigenvalue weighted by Gasteiger charge is -2.13. The summed E-state index contributed by atoms with van der Waals surface area (Å²) in [4.78, 5) is 23.6. The number of carbonyl (C=O) groups is 2. The van der Waals surface area contributed by atoms with Gasteiger partial charge in [0.05, 0.1) is 5.69 Å². The molecule has 0 saturated carbocycles. The van der Waals surface area contributed by atoms with Gasteiger partial charge in [-0.15, -0.1) is 11.8 Å². The third-order valence-electron chi connectivity index (χ3n) is 3.04. The van der Waals surface area contributed by atoms with E-state index in [1.165, 1.54) is 0 Å².